The van der Waals surface area contributed by atoms with E-state index < -0.39 is 24.3 Å². The van der Waals surface area contributed by atoms with Crippen LogP contribution in [0.4, 0.5) is 24.7 Å². The van der Waals surface area contributed by atoms with Crippen LogP contribution in [0.15, 0.2) is 23.4 Å². The summed E-state index contributed by atoms with van der Waals surface area (Å²) < 4.78 is 39.6. The largest absolute Gasteiger partial charge is 0.367 e. The molecule has 3 rings (SSSR count). The van der Waals surface area contributed by atoms with Gasteiger partial charge < -0.3 is 9.80 Å². The van der Waals surface area contributed by atoms with Crippen LogP contribution in [0.3, 0.4) is 0 Å². The summed E-state index contributed by atoms with van der Waals surface area (Å²) in [6, 6.07) is 1.29. The summed E-state index contributed by atoms with van der Waals surface area (Å²) in [4.78, 5) is 23.4. The molecular formula is C15H17F3N6O. The van der Waals surface area contributed by atoms with Crippen LogP contribution in [0.1, 0.15) is 5.69 Å². The van der Waals surface area contributed by atoms with Gasteiger partial charge in [-0.2, -0.15) is 5.10 Å². The van der Waals surface area contributed by atoms with Crippen molar-refractivity contribution in [3.05, 3.63) is 40.5 Å². The van der Waals surface area contributed by atoms with Crippen molar-refractivity contribution in [2.75, 3.05) is 36.0 Å². The Labute approximate surface area is 141 Å². The maximum absolute atomic E-state index is 14.1. The number of piperazine rings is 1. The van der Waals surface area contributed by atoms with Gasteiger partial charge in [-0.3, -0.25) is 4.79 Å². The lowest BCUT2D eigenvalue weighted by Crippen LogP contribution is -2.47. The zero-order chi connectivity index (χ0) is 18.0. The molecule has 0 aliphatic carbocycles. The SMILES string of the molecule is Cc1ncnc(N2CCN(c3cnn(CC(F)F)c(=O)c3)CC2)c1F. The molecule has 25 heavy (non-hydrogen) atoms. The number of alkyl halides is 2. The van der Waals surface area contributed by atoms with Crippen molar-refractivity contribution in [1.29, 1.82) is 0 Å². The van der Waals surface area contributed by atoms with Gasteiger partial charge in [0.05, 0.1) is 17.6 Å². The van der Waals surface area contributed by atoms with Gasteiger partial charge in [0, 0.05) is 32.2 Å². The molecule has 0 bridgehead atoms. The summed E-state index contributed by atoms with van der Waals surface area (Å²) in [7, 11) is 0. The van der Waals surface area contributed by atoms with Crippen LogP contribution in [0.2, 0.25) is 0 Å². The summed E-state index contributed by atoms with van der Waals surface area (Å²) in [5.41, 5.74) is 0.284. The van der Waals surface area contributed by atoms with Gasteiger partial charge >= 0.3 is 0 Å². The van der Waals surface area contributed by atoms with Gasteiger partial charge in [-0.25, -0.2) is 27.8 Å². The Morgan fingerprint density at radius 3 is 2.48 bits per heavy atom. The van der Waals surface area contributed by atoms with Crippen LogP contribution in [0.5, 0.6) is 0 Å². The first-order chi connectivity index (χ1) is 12.0. The zero-order valence-corrected chi connectivity index (χ0v) is 13.6. The predicted molar refractivity (Wildman–Crippen MR) is 85.7 cm³/mol. The highest BCUT2D eigenvalue weighted by molar-refractivity contribution is 5.48. The Morgan fingerprint density at radius 1 is 1.16 bits per heavy atom. The lowest BCUT2D eigenvalue weighted by atomic mass is 10.2. The maximum atomic E-state index is 14.1. The van der Waals surface area contributed by atoms with E-state index in [9.17, 15) is 18.0 Å². The summed E-state index contributed by atoms with van der Waals surface area (Å²) in [6.07, 6.45) is 0.0903. The fraction of sp³-hybridized carbons (Fsp3) is 0.467. The molecule has 0 aromatic carbocycles. The normalized spacial score (nSPS) is 15.1. The summed E-state index contributed by atoms with van der Waals surface area (Å²) in [6.45, 7) is 2.93. The minimum atomic E-state index is -2.63. The van der Waals surface area contributed by atoms with Gasteiger partial charge in [-0.05, 0) is 6.92 Å². The number of anilines is 2. The molecule has 0 N–H and O–H groups in total. The Kier molecular flexibility index (Phi) is 4.86. The quantitative estimate of drug-likeness (QED) is 0.818. The molecule has 7 nitrogen and oxygen atoms in total. The summed E-state index contributed by atoms with van der Waals surface area (Å²) in [5, 5.41) is 3.78. The molecule has 10 heteroatoms. The van der Waals surface area contributed by atoms with Gasteiger partial charge in [0.1, 0.15) is 12.9 Å². The highest BCUT2D eigenvalue weighted by Gasteiger charge is 2.22. The van der Waals surface area contributed by atoms with Gasteiger partial charge in [-0.1, -0.05) is 0 Å². The standard InChI is InChI=1S/C15H17F3N6O/c1-10-14(18)15(20-9-19-10)23-4-2-22(3-5-23)11-6-13(25)24(21-7-11)8-12(16)17/h6-7,9,12H,2-5,8H2,1H3. The number of aryl methyl sites for hydroxylation is 1. The molecule has 0 radical (unpaired) electrons. The Hall–Kier alpha value is -2.65. The molecule has 0 atom stereocenters. The Morgan fingerprint density at radius 2 is 1.84 bits per heavy atom. The van der Waals surface area contributed by atoms with Gasteiger partial charge in [0.25, 0.3) is 12.0 Å². The fourth-order valence-electron chi connectivity index (χ4n) is 2.71. The van der Waals surface area contributed by atoms with E-state index in [-0.39, 0.29) is 5.82 Å². The minimum Gasteiger partial charge on any atom is -0.367 e. The summed E-state index contributed by atoms with van der Waals surface area (Å²) >= 11 is 0. The van der Waals surface area contributed by atoms with E-state index in [0.717, 1.165) is 4.68 Å². The van der Waals surface area contributed by atoms with Crippen LogP contribution in [-0.2, 0) is 6.54 Å². The molecule has 0 saturated carbocycles. The molecule has 0 spiro atoms. The van der Waals surface area contributed by atoms with Crippen LogP contribution >= 0.6 is 0 Å². The first kappa shape index (κ1) is 17.2. The minimum absolute atomic E-state index is 0.262. The van der Waals surface area contributed by atoms with Crippen molar-refractivity contribution >= 4 is 11.5 Å². The van der Waals surface area contributed by atoms with Crippen molar-refractivity contribution in [1.82, 2.24) is 19.7 Å². The lowest BCUT2D eigenvalue weighted by molar-refractivity contribution is 0.119. The van der Waals surface area contributed by atoms with E-state index >= 15 is 0 Å². The highest BCUT2D eigenvalue weighted by Crippen LogP contribution is 2.21. The first-order valence-electron chi connectivity index (χ1n) is 7.78. The molecule has 2 aromatic rings. The van der Waals surface area contributed by atoms with Crippen molar-refractivity contribution in [3.63, 3.8) is 0 Å². The van der Waals surface area contributed by atoms with Crippen LogP contribution in [0, 0.1) is 12.7 Å². The fourth-order valence-corrected chi connectivity index (χ4v) is 2.71. The second kappa shape index (κ2) is 7.08. The molecule has 1 saturated heterocycles. The smallest absolute Gasteiger partial charge is 0.269 e. The third-order valence-electron chi connectivity index (χ3n) is 4.06. The van der Waals surface area contributed by atoms with Crippen LogP contribution < -0.4 is 15.4 Å². The maximum Gasteiger partial charge on any atom is 0.269 e. The van der Waals surface area contributed by atoms with E-state index in [0.29, 0.717) is 37.6 Å². The molecule has 1 aliphatic rings. The van der Waals surface area contributed by atoms with Crippen molar-refractivity contribution in [3.8, 4) is 0 Å². The van der Waals surface area contributed by atoms with Gasteiger partial charge in [0.2, 0.25) is 0 Å². The number of halogens is 3. The number of aromatic nitrogens is 4. The van der Waals surface area contributed by atoms with E-state index in [1.54, 1.807) is 6.92 Å². The molecule has 3 heterocycles. The van der Waals surface area contributed by atoms with E-state index in [4.69, 9.17) is 0 Å². The summed E-state index contributed by atoms with van der Waals surface area (Å²) in [5.74, 6) is -0.176. The van der Waals surface area contributed by atoms with Crippen molar-refractivity contribution in [2.24, 2.45) is 0 Å². The third kappa shape index (κ3) is 3.72. The third-order valence-corrected chi connectivity index (χ3v) is 4.06. The molecule has 0 unspecified atom stereocenters. The van der Waals surface area contributed by atoms with Gasteiger partial charge in [-0.15, -0.1) is 0 Å². The monoisotopic (exact) mass is 354 g/mol. The number of rotatable bonds is 4. The number of hydrogen-bond acceptors (Lipinski definition) is 6. The van der Waals surface area contributed by atoms with Crippen LogP contribution in [-0.4, -0.2) is 52.4 Å². The molecular weight excluding hydrogens is 337 g/mol. The zero-order valence-electron chi connectivity index (χ0n) is 13.6. The van der Waals surface area contributed by atoms with E-state index in [1.807, 2.05) is 9.80 Å². The van der Waals surface area contributed by atoms with E-state index in [2.05, 4.69) is 15.1 Å². The van der Waals surface area contributed by atoms with Crippen molar-refractivity contribution in [2.45, 2.75) is 19.9 Å². The molecule has 134 valence electrons. The molecule has 1 fully saturated rings. The average Bonchev–Trinajstić information content (AvgIpc) is 2.59. The molecule has 1 aliphatic heterocycles. The topological polar surface area (TPSA) is 67.2 Å². The average molecular weight is 354 g/mol. The second-order valence-electron chi connectivity index (χ2n) is 5.70. The predicted octanol–water partition coefficient (Wildman–Crippen LogP) is 1.07. The van der Waals surface area contributed by atoms with Gasteiger partial charge in [0.15, 0.2) is 11.6 Å². The lowest BCUT2D eigenvalue weighted by Gasteiger charge is -2.36. The number of hydrogen-bond donors (Lipinski definition) is 0. The van der Waals surface area contributed by atoms with Crippen LogP contribution in [0.25, 0.3) is 0 Å². The van der Waals surface area contributed by atoms with Crippen molar-refractivity contribution < 1.29 is 13.2 Å². The molecule has 2 aromatic heterocycles. The highest BCUT2D eigenvalue weighted by atomic mass is 19.3. The van der Waals surface area contributed by atoms with E-state index in [1.165, 1.54) is 18.6 Å². The Balaban J connectivity index is 1.69. The second-order valence-corrected chi connectivity index (χ2v) is 5.70. The number of nitrogens with zero attached hydrogens (tertiary/aromatic N) is 6. The molecule has 0 amide bonds. The first-order valence-corrected chi connectivity index (χ1v) is 7.78. The Bertz CT molecular complexity index is 804.